The highest BCUT2D eigenvalue weighted by atomic mass is 16.5. The van der Waals surface area contributed by atoms with E-state index in [9.17, 15) is 9.59 Å². The van der Waals surface area contributed by atoms with Crippen LogP contribution in [0.25, 0.3) is 6.08 Å². The molecule has 2 rings (SSSR count). The van der Waals surface area contributed by atoms with Crippen molar-refractivity contribution in [3.63, 3.8) is 0 Å². The van der Waals surface area contributed by atoms with E-state index < -0.39 is 5.97 Å². The lowest BCUT2D eigenvalue weighted by Gasteiger charge is -2.20. The van der Waals surface area contributed by atoms with Crippen LogP contribution >= 0.6 is 0 Å². The largest absolute Gasteiger partial charge is 0.465 e. The summed E-state index contributed by atoms with van der Waals surface area (Å²) in [7, 11) is 1.34. The monoisotopic (exact) mass is 362 g/mol. The van der Waals surface area contributed by atoms with Crippen LogP contribution in [0.3, 0.4) is 0 Å². The minimum Gasteiger partial charge on any atom is -0.465 e. The fourth-order valence-corrected chi connectivity index (χ4v) is 2.56. The molecule has 138 valence electrons. The van der Waals surface area contributed by atoms with Gasteiger partial charge in [0, 0.05) is 19.2 Å². The van der Waals surface area contributed by atoms with Crippen molar-refractivity contribution in [2.45, 2.75) is 19.9 Å². The Balaban J connectivity index is 2.05. The highest BCUT2D eigenvalue weighted by Gasteiger charge is 2.10. The van der Waals surface area contributed by atoms with Gasteiger partial charge in [-0.3, -0.25) is 4.79 Å². The fourth-order valence-electron chi connectivity index (χ4n) is 2.56. The number of carbonyl (C=O) groups is 2. The molecule has 0 atom stereocenters. The van der Waals surface area contributed by atoms with Crippen LogP contribution in [0.2, 0.25) is 0 Å². The van der Waals surface area contributed by atoms with Gasteiger partial charge in [0.25, 0.3) is 0 Å². The molecule has 0 aliphatic rings. The van der Waals surface area contributed by atoms with E-state index in [2.05, 4.69) is 10.8 Å². The predicted molar refractivity (Wildman–Crippen MR) is 104 cm³/mol. The number of carbonyl (C=O) groups excluding carboxylic acids is 2. The maximum absolute atomic E-state index is 12.6. The van der Waals surface area contributed by atoms with Crippen molar-refractivity contribution in [1.29, 1.82) is 5.26 Å². The fraction of sp³-hybridized carbons (Fsp3) is 0.227. The molecule has 0 fully saturated rings. The van der Waals surface area contributed by atoms with Crippen molar-refractivity contribution in [2.75, 3.05) is 13.7 Å². The molecule has 0 aromatic heterocycles. The number of hydrogen-bond acceptors (Lipinski definition) is 4. The third kappa shape index (κ3) is 5.82. The first kappa shape index (κ1) is 19.9. The Morgan fingerprint density at radius 2 is 1.78 bits per heavy atom. The van der Waals surface area contributed by atoms with Crippen molar-refractivity contribution in [1.82, 2.24) is 4.90 Å². The van der Waals surface area contributed by atoms with Crippen LogP contribution in [-0.2, 0) is 16.1 Å². The number of amides is 1. The molecule has 2 aromatic rings. The minimum absolute atomic E-state index is 0.0849. The molecule has 0 unspecified atom stereocenters. The van der Waals surface area contributed by atoms with Gasteiger partial charge in [0.05, 0.1) is 24.3 Å². The molecule has 0 bridgehead atoms. The SMILES string of the molecule is CCCN(Cc1ccc(C#N)cc1)C(=O)/C=C/c1ccc(C(=O)OC)cc1. The lowest BCUT2D eigenvalue weighted by atomic mass is 10.1. The summed E-state index contributed by atoms with van der Waals surface area (Å²) < 4.78 is 4.67. The molecule has 0 heterocycles. The maximum atomic E-state index is 12.6. The van der Waals surface area contributed by atoms with Gasteiger partial charge in [-0.1, -0.05) is 31.2 Å². The van der Waals surface area contributed by atoms with E-state index in [0.717, 1.165) is 17.5 Å². The second-order valence-corrected chi connectivity index (χ2v) is 6.02. The van der Waals surface area contributed by atoms with Crippen molar-refractivity contribution < 1.29 is 14.3 Å². The van der Waals surface area contributed by atoms with Crippen molar-refractivity contribution in [2.24, 2.45) is 0 Å². The number of methoxy groups -OCH3 is 1. The average molecular weight is 362 g/mol. The maximum Gasteiger partial charge on any atom is 0.337 e. The van der Waals surface area contributed by atoms with Gasteiger partial charge in [-0.05, 0) is 47.9 Å². The van der Waals surface area contributed by atoms with Crippen LogP contribution in [0, 0.1) is 11.3 Å². The molecule has 27 heavy (non-hydrogen) atoms. The normalized spacial score (nSPS) is 10.4. The van der Waals surface area contributed by atoms with Gasteiger partial charge < -0.3 is 9.64 Å². The number of ether oxygens (including phenoxy) is 1. The van der Waals surface area contributed by atoms with Crippen LogP contribution in [0.15, 0.2) is 54.6 Å². The van der Waals surface area contributed by atoms with E-state index in [1.54, 1.807) is 47.4 Å². The number of benzene rings is 2. The highest BCUT2D eigenvalue weighted by molar-refractivity contribution is 5.92. The standard InChI is InChI=1S/C22H22N2O3/c1-3-14-24(16-19-6-4-18(15-23)5-7-19)21(25)13-10-17-8-11-20(12-9-17)22(26)27-2/h4-13H,3,14,16H2,1-2H3/b13-10+. The molecule has 2 aromatic carbocycles. The Morgan fingerprint density at radius 3 is 2.33 bits per heavy atom. The Bertz CT molecular complexity index is 847. The zero-order valence-electron chi connectivity index (χ0n) is 15.5. The summed E-state index contributed by atoms with van der Waals surface area (Å²) in [4.78, 5) is 25.8. The molecule has 1 amide bonds. The molecule has 5 heteroatoms. The first-order valence-corrected chi connectivity index (χ1v) is 8.71. The number of nitrogens with zero attached hydrogens (tertiary/aromatic N) is 2. The van der Waals surface area contributed by atoms with Crippen LogP contribution in [0.1, 0.15) is 40.4 Å². The molecule has 0 aliphatic heterocycles. The summed E-state index contributed by atoms with van der Waals surface area (Å²) in [5.74, 6) is -0.476. The molecule has 0 saturated carbocycles. The Kier molecular flexibility index (Phi) is 7.33. The van der Waals surface area contributed by atoms with Gasteiger partial charge in [0.1, 0.15) is 0 Å². The molecule has 0 N–H and O–H groups in total. The number of hydrogen-bond donors (Lipinski definition) is 0. The third-order valence-electron chi connectivity index (χ3n) is 4.01. The predicted octanol–water partition coefficient (Wildman–Crippen LogP) is 3.80. The lowest BCUT2D eigenvalue weighted by Crippen LogP contribution is -2.29. The van der Waals surface area contributed by atoms with Crippen molar-refractivity contribution in [3.05, 3.63) is 76.9 Å². The Hall–Kier alpha value is -3.39. The van der Waals surface area contributed by atoms with E-state index in [1.165, 1.54) is 13.2 Å². The third-order valence-corrected chi connectivity index (χ3v) is 4.01. The molecule has 0 radical (unpaired) electrons. The van der Waals surface area contributed by atoms with Crippen LogP contribution < -0.4 is 0 Å². The number of rotatable bonds is 7. The first-order valence-electron chi connectivity index (χ1n) is 8.71. The lowest BCUT2D eigenvalue weighted by molar-refractivity contribution is -0.126. The van der Waals surface area contributed by atoms with Crippen LogP contribution in [0.4, 0.5) is 0 Å². The summed E-state index contributed by atoms with van der Waals surface area (Å²) in [5.41, 5.74) is 2.87. The summed E-state index contributed by atoms with van der Waals surface area (Å²) >= 11 is 0. The van der Waals surface area contributed by atoms with E-state index in [1.807, 2.05) is 19.1 Å². The average Bonchev–Trinajstić information content (AvgIpc) is 2.72. The minimum atomic E-state index is -0.391. The summed E-state index contributed by atoms with van der Waals surface area (Å²) in [6.45, 7) is 3.16. The topological polar surface area (TPSA) is 70.4 Å². The molecule has 0 saturated heterocycles. The second-order valence-electron chi connectivity index (χ2n) is 6.02. The Labute approximate surface area is 159 Å². The van der Waals surface area contributed by atoms with Gasteiger partial charge >= 0.3 is 5.97 Å². The first-order chi connectivity index (χ1) is 13.1. The molecular weight excluding hydrogens is 340 g/mol. The molecular formula is C22H22N2O3. The van der Waals surface area contributed by atoms with Crippen molar-refractivity contribution in [3.8, 4) is 6.07 Å². The molecule has 0 aliphatic carbocycles. The van der Waals surface area contributed by atoms with Gasteiger partial charge in [0.15, 0.2) is 0 Å². The quantitative estimate of drug-likeness (QED) is 0.555. The zero-order valence-corrected chi connectivity index (χ0v) is 15.5. The van der Waals surface area contributed by atoms with Gasteiger partial charge in [-0.15, -0.1) is 0 Å². The van der Waals surface area contributed by atoms with Crippen LogP contribution in [0.5, 0.6) is 0 Å². The van der Waals surface area contributed by atoms with E-state index >= 15 is 0 Å². The second kappa shape index (κ2) is 9.93. The zero-order chi connectivity index (χ0) is 19.6. The van der Waals surface area contributed by atoms with E-state index in [0.29, 0.717) is 24.2 Å². The van der Waals surface area contributed by atoms with E-state index in [4.69, 9.17) is 5.26 Å². The van der Waals surface area contributed by atoms with Gasteiger partial charge in [-0.2, -0.15) is 5.26 Å². The molecule has 5 nitrogen and oxygen atoms in total. The summed E-state index contributed by atoms with van der Waals surface area (Å²) in [6.07, 6.45) is 4.11. The summed E-state index contributed by atoms with van der Waals surface area (Å²) in [6, 6.07) is 16.2. The van der Waals surface area contributed by atoms with Gasteiger partial charge in [-0.25, -0.2) is 4.79 Å². The Morgan fingerprint density at radius 1 is 1.11 bits per heavy atom. The van der Waals surface area contributed by atoms with E-state index in [-0.39, 0.29) is 5.91 Å². The smallest absolute Gasteiger partial charge is 0.337 e. The summed E-state index contributed by atoms with van der Waals surface area (Å²) in [5, 5.41) is 8.87. The van der Waals surface area contributed by atoms with Crippen molar-refractivity contribution >= 4 is 18.0 Å². The van der Waals surface area contributed by atoms with Crippen LogP contribution in [-0.4, -0.2) is 30.4 Å². The van der Waals surface area contributed by atoms with Gasteiger partial charge in [0.2, 0.25) is 5.91 Å². The highest BCUT2D eigenvalue weighted by Crippen LogP contribution is 2.11. The number of esters is 1. The molecule has 0 spiro atoms. The number of nitriles is 1.